The van der Waals surface area contributed by atoms with Crippen LogP contribution in [0, 0.1) is 33.6 Å². The second-order valence-corrected chi connectivity index (χ2v) is 7.02. The highest BCUT2D eigenvalue weighted by atomic mass is 16.1. The molecule has 2 aromatic heterocycles. The third kappa shape index (κ3) is 3.90. The van der Waals surface area contributed by atoms with Crippen molar-refractivity contribution in [3.8, 4) is 0 Å². The van der Waals surface area contributed by atoms with Gasteiger partial charge in [0.1, 0.15) is 0 Å². The summed E-state index contributed by atoms with van der Waals surface area (Å²) in [4.78, 5) is 21.5. The van der Waals surface area contributed by atoms with Crippen molar-refractivity contribution in [2.45, 2.75) is 41.2 Å². The second kappa shape index (κ2) is 7.23. The van der Waals surface area contributed by atoms with E-state index >= 15 is 0 Å². The Morgan fingerprint density at radius 3 is 2.42 bits per heavy atom. The molecule has 0 aliphatic heterocycles. The van der Waals surface area contributed by atoms with E-state index in [1.807, 2.05) is 38.4 Å². The molecule has 0 radical (unpaired) electrons. The summed E-state index contributed by atoms with van der Waals surface area (Å²) < 4.78 is 1.99. The number of aromatic nitrogens is 4. The van der Waals surface area contributed by atoms with Crippen LogP contribution in [0.2, 0.25) is 0 Å². The van der Waals surface area contributed by atoms with Gasteiger partial charge in [0.15, 0.2) is 0 Å². The third-order valence-electron chi connectivity index (χ3n) is 4.54. The highest BCUT2D eigenvalue weighted by Crippen LogP contribution is 2.14. The summed E-state index contributed by atoms with van der Waals surface area (Å²) in [5.41, 5.74) is 6.11. The van der Waals surface area contributed by atoms with E-state index in [1.54, 1.807) is 12.1 Å². The normalized spacial score (nSPS) is 12.3. The summed E-state index contributed by atoms with van der Waals surface area (Å²) in [6, 6.07) is 7.51. The molecule has 26 heavy (non-hydrogen) atoms. The van der Waals surface area contributed by atoms with Crippen LogP contribution in [0.5, 0.6) is 0 Å². The van der Waals surface area contributed by atoms with Gasteiger partial charge in [-0.25, -0.2) is 9.97 Å². The molecule has 3 aromatic rings. The zero-order valence-corrected chi connectivity index (χ0v) is 16.0. The zero-order valence-electron chi connectivity index (χ0n) is 16.0. The Labute approximate surface area is 153 Å². The minimum Gasteiger partial charge on any atom is -0.352 e. The van der Waals surface area contributed by atoms with Crippen LogP contribution in [0.1, 0.15) is 40.1 Å². The van der Waals surface area contributed by atoms with E-state index < -0.39 is 0 Å². The average Bonchev–Trinajstić information content (AvgIpc) is 2.90. The Morgan fingerprint density at radius 2 is 1.77 bits per heavy atom. The Bertz CT molecular complexity index is 960. The molecule has 0 saturated heterocycles. The topological polar surface area (TPSA) is 72.7 Å². The molecule has 0 unspecified atom stereocenters. The first kappa shape index (κ1) is 18.0. The molecule has 6 nitrogen and oxygen atoms in total. The van der Waals surface area contributed by atoms with Gasteiger partial charge in [-0.2, -0.15) is 5.10 Å². The molecule has 1 N–H and O–H groups in total. The maximum Gasteiger partial charge on any atom is 0.251 e. The van der Waals surface area contributed by atoms with Gasteiger partial charge >= 0.3 is 0 Å². The first-order valence-corrected chi connectivity index (χ1v) is 8.87. The SMILES string of the molecule is Cc1cc(C)n(C[C@H](C)CNC(=O)c2ccc3nc(C)c(C)nc3c2)n1. The van der Waals surface area contributed by atoms with Gasteiger partial charge in [0.25, 0.3) is 5.91 Å². The van der Waals surface area contributed by atoms with Gasteiger partial charge in [0.05, 0.1) is 28.1 Å². The number of nitrogens with zero attached hydrogens (tertiary/aromatic N) is 4. The fourth-order valence-electron chi connectivity index (χ4n) is 2.96. The van der Waals surface area contributed by atoms with Crippen molar-refractivity contribution in [2.24, 2.45) is 5.92 Å². The van der Waals surface area contributed by atoms with Crippen molar-refractivity contribution in [2.75, 3.05) is 6.54 Å². The second-order valence-electron chi connectivity index (χ2n) is 7.02. The Kier molecular flexibility index (Phi) is 5.02. The monoisotopic (exact) mass is 351 g/mol. The molecule has 0 aliphatic rings. The molecule has 0 aliphatic carbocycles. The third-order valence-corrected chi connectivity index (χ3v) is 4.54. The van der Waals surface area contributed by atoms with Crippen LogP contribution >= 0.6 is 0 Å². The van der Waals surface area contributed by atoms with Crippen molar-refractivity contribution >= 4 is 16.9 Å². The van der Waals surface area contributed by atoms with Gasteiger partial charge in [0.2, 0.25) is 0 Å². The molecular weight excluding hydrogens is 326 g/mol. The molecular formula is C20H25N5O. The number of amides is 1. The van der Waals surface area contributed by atoms with Gasteiger partial charge in [-0.3, -0.25) is 9.48 Å². The first-order valence-electron chi connectivity index (χ1n) is 8.87. The highest BCUT2D eigenvalue weighted by molar-refractivity contribution is 5.97. The number of carbonyl (C=O) groups is 1. The number of rotatable bonds is 5. The zero-order chi connectivity index (χ0) is 18.8. The summed E-state index contributed by atoms with van der Waals surface area (Å²) in [5, 5.41) is 7.48. The number of benzene rings is 1. The molecule has 0 saturated carbocycles. The summed E-state index contributed by atoms with van der Waals surface area (Å²) in [7, 11) is 0. The molecule has 3 rings (SSSR count). The summed E-state index contributed by atoms with van der Waals surface area (Å²) in [6.45, 7) is 11.4. The van der Waals surface area contributed by atoms with Gasteiger partial charge in [0, 0.05) is 24.3 Å². The predicted molar refractivity (Wildman–Crippen MR) is 102 cm³/mol. The fraction of sp³-hybridized carbons (Fsp3) is 0.400. The largest absolute Gasteiger partial charge is 0.352 e. The van der Waals surface area contributed by atoms with Crippen LogP contribution in [0.25, 0.3) is 11.0 Å². The molecule has 0 fully saturated rings. The van der Waals surface area contributed by atoms with E-state index in [0.717, 1.165) is 40.4 Å². The van der Waals surface area contributed by atoms with Gasteiger partial charge in [-0.1, -0.05) is 6.92 Å². The van der Waals surface area contributed by atoms with E-state index in [-0.39, 0.29) is 11.8 Å². The maximum atomic E-state index is 12.5. The van der Waals surface area contributed by atoms with Crippen molar-refractivity contribution in [1.29, 1.82) is 0 Å². The Morgan fingerprint density at radius 1 is 1.08 bits per heavy atom. The van der Waals surface area contributed by atoms with E-state index in [4.69, 9.17) is 0 Å². The number of nitrogens with one attached hydrogen (secondary N) is 1. The Balaban J connectivity index is 1.65. The van der Waals surface area contributed by atoms with Crippen molar-refractivity contribution < 1.29 is 4.79 Å². The number of fused-ring (bicyclic) bond motifs is 1. The van der Waals surface area contributed by atoms with Crippen molar-refractivity contribution in [3.63, 3.8) is 0 Å². The quantitative estimate of drug-likeness (QED) is 0.766. The van der Waals surface area contributed by atoms with Crippen molar-refractivity contribution in [1.82, 2.24) is 25.1 Å². The molecule has 1 atom stereocenters. The van der Waals surface area contributed by atoms with Gasteiger partial charge < -0.3 is 5.32 Å². The predicted octanol–water partition coefficient (Wildman–Crippen LogP) is 3.13. The lowest BCUT2D eigenvalue weighted by atomic mass is 10.1. The van der Waals surface area contributed by atoms with E-state index in [2.05, 4.69) is 33.4 Å². The van der Waals surface area contributed by atoms with Crippen LogP contribution in [-0.2, 0) is 6.54 Å². The minimum atomic E-state index is -0.0906. The van der Waals surface area contributed by atoms with Crippen LogP contribution < -0.4 is 5.32 Å². The molecule has 136 valence electrons. The smallest absolute Gasteiger partial charge is 0.251 e. The highest BCUT2D eigenvalue weighted by Gasteiger charge is 2.12. The van der Waals surface area contributed by atoms with Crippen LogP contribution in [0.3, 0.4) is 0 Å². The summed E-state index contributed by atoms with van der Waals surface area (Å²) in [5.74, 6) is 0.189. The lowest BCUT2D eigenvalue weighted by Crippen LogP contribution is -2.30. The number of aryl methyl sites for hydroxylation is 4. The van der Waals surface area contributed by atoms with Gasteiger partial charge in [-0.15, -0.1) is 0 Å². The number of carbonyl (C=O) groups excluding carboxylic acids is 1. The molecule has 1 amide bonds. The van der Waals surface area contributed by atoms with Gasteiger partial charge in [-0.05, 0) is 57.9 Å². The summed E-state index contributed by atoms with van der Waals surface area (Å²) in [6.07, 6.45) is 0. The average molecular weight is 351 g/mol. The van der Waals surface area contributed by atoms with E-state index in [9.17, 15) is 4.79 Å². The van der Waals surface area contributed by atoms with Crippen LogP contribution in [0.15, 0.2) is 24.3 Å². The number of hydrogen-bond donors (Lipinski definition) is 1. The van der Waals surface area contributed by atoms with Crippen molar-refractivity contribution in [3.05, 3.63) is 52.6 Å². The molecule has 6 heteroatoms. The lowest BCUT2D eigenvalue weighted by Gasteiger charge is -2.14. The van der Waals surface area contributed by atoms with Crippen LogP contribution in [0.4, 0.5) is 0 Å². The van der Waals surface area contributed by atoms with E-state index in [1.165, 1.54) is 0 Å². The molecule has 0 spiro atoms. The van der Waals surface area contributed by atoms with Crippen LogP contribution in [-0.4, -0.2) is 32.2 Å². The standard InChI is InChI=1S/C20H25N5O/c1-12(11-25-14(3)8-13(2)24-25)10-21-20(26)17-6-7-18-19(9-17)23-16(5)15(4)22-18/h6-9,12H,10-11H2,1-5H3,(H,21,26)/t12-/m1/s1. The van der Waals surface area contributed by atoms with E-state index in [0.29, 0.717) is 12.1 Å². The first-order chi connectivity index (χ1) is 12.3. The minimum absolute atomic E-state index is 0.0906. The maximum absolute atomic E-state index is 12.5. The number of hydrogen-bond acceptors (Lipinski definition) is 4. The fourth-order valence-corrected chi connectivity index (χ4v) is 2.96. The molecule has 1 aromatic carbocycles. The lowest BCUT2D eigenvalue weighted by molar-refractivity contribution is 0.0946. The summed E-state index contributed by atoms with van der Waals surface area (Å²) >= 11 is 0. The Hall–Kier alpha value is -2.76. The molecule has 0 bridgehead atoms. The molecule has 2 heterocycles.